The summed E-state index contributed by atoms with van der Waals surface area (Å²) in [6.45, 7) is 0. The van der Waals surface area contributed by atoms with E-state index in [9.17, 15) is 0 Å². The van der Waals surface area contributed by atoms with Crippen LogP contribution in [0, 0.1) is 5.92 Å². The number of hydrogen-bond acceptors (Lipinski definition) is 2. The molecule has 0 amide bonds. The molecule has 1 saturated carbocycles. The molecule has 1 fully saturated rings. The number of halogens is 2. The van der Waals surface area contributed by atoms with Crippen LogP contribution in [-0.2, 0) is 6.42 Å². The van der Waals surface area contributed by atoms with Crippen LogP contribution in [0.2, 0.25) is 0 Å². The van der Waals surface area contributed by atoms with Crippen LogP contribution in [0.5, 0.6) is 11.5 Å². The molecule has 1 aliphatic rings. The fourth-order valence-corrected chi connectivity index (χ4v) is 3.61. The summed E-state index contributed by atoms with van der Waals surface area (Å²) in [6, 6.07) is 4.08. The molecule has 0 radical (unpaired) electrons. The molecule has 0 heterocycles. The summed E-state index contributed by atoms with van der Waals surface area (Å²) in [6.07, 6.45) is 4.93. The van der Waals surface area contributed by atoms with Crippen LogP contribution in [0.3, 0.4) is 0 Å². The van der Waals surface area contributed by atoms with Crippen molar-refractivity contribution in [2.24, 2.45) is 5.92 Å². The lowest BCUT2D eigenvalue weighted by molar-refractivity contribution is 0.385. The third-order valence-corrected chi connectivity index (χ3v) is 5.35. The van der Waals surface area contributed by atoms with Crippen LogP contribution >= 0.6 is 31.9 Å². The van der Waals surface area contributed by atoms with E-state index in [1.165, 1.54) is 18.4 Å². The third kappa shape index (κ3) is 3.21. The summed E-state index contributed by atoms with van der Waals surface area (Å²) in [5.74, 6) is 2.59. The molecule has 1 aliphatic carbocycles. The molecule has 0 aromatic heterocycles. The maximum atomic E-state index is 5.48. The van der Waals surface area contributed by atoms with Gasteiger partial charge in [-0.25, -0.2) is 0 Å². The van der Waals surface area contributed by atoms with Gasteiger partial charge in [0.05, 0.1) is 14.2 Å². The van der Waals surface area contributed by atoms with Gasteiger partial charge in [0, 0.05) is 4.83 Å². The molecular weight excluding hydrogens is 360 g/mol. The Balaban J connectivity index is 2.09. The van der Waals surface area contributed by atoms with Crippen molar-refractivity contribution in [1.82, 2.24) is 0 Å². The molecule has 2 nitrogen and oxygen atoms in total. The van der Waals surface area contributed by atoms with Gasteiger partial charge < -0.3 is 9.47 Å². The van der Waals surface area contributed by atoms with E-state index in [4.69, 9.17) is 9.47 Å². The van der Waals surface area contributed by atoms with Crippen molar-refractivity contribution >= 4 is 31.9 Å². The highest BCUT2D eigenvalue weighted by molar-refractivity contribution is 9.10. The predicted octanol–water partition coefficient (Wildman–Crippen LogP) is 4.57. The number of benzene rings is 1. The van der Waals surface area contributed by atoms with Gasteiger partial charge in [0.15, 0.2) is 0 Å². The van der Waals surface area contributed by atoms with E-state index in [1.54, 1.807) is 14.2 Å². The lowest BCUT2D eigenvalue weighted by Crippen LogP contribution is -2.04. The van der Waals surface area contributed by atoms with Crippen molar-refractivity contribution in [2.75, 3.05) is 14.2 Å². The molecule has 18 heavy (non-hydrogen) atoms. The zero-order chi connectivity index (χ0) is 13.1. The second-order valence-electron chi connectivity index (χ2n) is 4.67. The van der Waals surface area contributed by atoms with E-state index < -0.39 is 0 Å². The molecule has 0 N–H and O–H groups in total. The smallest absolute Gasteiger partial charge is 0.139 e. The highest BCUT2D eigenvalue weighted by atomic mass is 79.9. The highest BCUT2D eigenvalue weighted by Gasteiger charge is 2.29. The zero-order valence-corrected chi connectivity index (χ0v) is 13.9. The van der Waals surface area contributed by atoms with Crippen LogP contribution in [0.15, 0.2) is 16.6 Å². The summed E-state index contributed by atoms with van der Waals surface area (Å²) in [7, 11) is 3.37. The fraction of sp³-hybridized carbons (Fsp3) is 0.571. The van der Waals surface area contributed by atoms with E-state index in [1.807, 2.05) is 6.07 Å². The standard InChI is InChI=1S/C14H18Br2O2/c1-17-12-8-6-10(14(18-2)13(12)16)5-7-11(15)9-3-4-9/h6,8-9,11H,3-5,7H2,1-2H3. The third-order valence-electron chi connectivity index (χ3n) is 3.39. The first-order chi connectivity index (χ1) is 8.67. The minimum Gasteiger partial charge on any atom is -0.495 e. The quantitative estimate of drug-likeness (QED) is 0.676. The first kappa shape index (κ1) is 14.2. The fourth-order valence-electron chi connectivity index (χ4n) is 2.14. The van der Waals surface area contributed by atoms with Gasteiger partial charge in [-0.1, -0.05) is 22.0 Å². The Morgan fingerprint density at radius 3 is 2.56 bits per heavy atom. The van der Waals surface area contributed by atoms with Gasteiger partial charge in [0.1, 0.15) is 16.0 Å². The van der Waals surface area contributed by atoms with Crippen molar-refractivity contribution in [3.05, 3.63) is 22.2 Å². The first-order valence-corrected chi connectivity index (χ1v) is 7.91. The van der Waals surface area contributed by atoms with E-state index in [0.717, 1.165) is 34.7 Å². The highest BCUT2D eigenvalue weighted by Crippen LogP contribution is 2.41. The monoisotopic (exact) mass is 376 g/mol. The SMILES string of the molecule is COc1ccc(CCC(Br)C2CC2)c(OC)c1Br. The summed E-state index contributed by atoms with van der Waals surface area (Å²) >= 11 is 7.32. The van der Waals surface area contributed by atoms with Crippen LogP contribution in [-0.4, -0.2) is 19.0 Å². The normalized spacial score (nSPS) is 16.4. The number of alkyl halides is 1. The van der Waals surface area contributed by atoms with Crippen molar-refractivity contribution in [3.63, 3.8) is 0 Å². The molecule has 1 aromatic carbocycles. The molecule has 1 unspecified atom stereocenters. The maximum Gasteiger partial charge on any atom is 0.139 e. The van der Waals surface area contributed by atoms with Crippen LogP contribution in [0.4, 0.5) is 0 Å². The van der Waals surface area contributed by atoms with Gasteiger partial charge in [-0.3, -0.25) is 0 Å². The minimum atomic E-state index is 0.642. The van der Waals surface area contributed by atoms with Crippen molar-refractivity contribution in [3.8, 4) is 11.5 Å². The number of methoxy groups -OCH3 is 2. The van der Waals surface area contributed by atoms with Gasteiger partial charge >= 0.3 is 0 Å². The molecule has 0 aliphatic heterocycles. The van der Waals surface area contributed by atoms with E-state index in [-0.39, 0.29) is 0 Å². The Morgan fingerprint density at radius 1 is 1.28 bits per heavy atom. The van der Waals surface area contributed by atoms with E-state index >= 15 is 0 Å². The Morgan fingerprint density at radius 2 is 2.00 bits per heavy atom. The molecule has 0 saturated heterocycles. The van der Waals surface area contributed by atoms with Crippen LogP contribution in [0.1, 0.15) is 24.8 Å². The first-order valence-electron chi connectivity index (χ1n) is 6.20. The Bertz CT molecular complexity index is 417. The van der Waals surface area contributed by atoms with Crippen LogP contribution in [0.25, 0.3) is 0 Å². The Kier molecular flexibility index (Phi) is 4.96. The van der Waals surface area contributed by atoms with Gasteiger partial charge in [-0.2, -0.15) is 0 Å². The van der Waals surface area contributed by atoms with E-state index in [0.29, 0.717) is 4.83 Å². The lowest BCUT2D eigenvalue weighted by atomic mass is 10.1. The average molecular weight is 378 g/mol. The number of aryl methyl sites for hydroxylation is 1. The summed E-state index contributed by atoms with van der Waals surface area (Å²) in [5.41, 5.74) is 1.23. The summed E-state index contributed by atoms with van der Waals surface area (Å²) in [5, 5.41) is 0. The topological polar surface area (TPSA) is 18.5 Å². The van der Waals surface area contributed by atoms with Crippen LogP contribution < -0.4 is 9.47 Å². The van der Waals surface area contributed by atoms with Gasteiger partial charge in [0.25, 0.3) is 0 Å². The zero-order valence-electron chi connectivity index (χ0n) is 10.7. The van der Waals surface area contributed by atoms with Gasteiger partial charge in [0.2, 0.25) is 0 Å². The summed E-state index contributed by atoms with van der Waals surface area (Å²) in [4.78, 5) is 0.642. The average Bonchev–Trinajstić information content (AvgIpc) is 3.20. The summed E-state index contributed by atoms with van der Waals surface area (Å²) < 4.78 is 11.7. The number of rotatable bonds is 6. The Labute approximate surface area is 125 Å². The van der Waals surface area contributed by atoms with Gasteiger partial charge in [-0.05, 0) is 59.2 Å². The second kappa shape index (κ2) is 6.29. The maximum absolute atomic E-state index is 5.48. The van der Waals surface area contributed by atoms with Crippen molar-refractivity contribution < 1.29 is 9.47 Å². The minimum absolute atomic E-state index is 0.642. The largest absolute Gasteiger partial charge is 0.495 e. The van der Waals surface area contributed by atoms with Crippen molar-refractivity contribution in [1.29, 1.82) is 0 Å². The van der Waals surface area contributed by atoms with Gasteiger partial charge in [-0.15, -0.1) is 0 Å². The number of ether oxygens (including phenoxy) is 2. The molecular formula is C14H18Br2O2. The molecule has 1 aromatic rings. The molecule has 0 spiro atoms. The van der Waals surface area contributed by atoms with E-state index in [2.05, 4.69) is 37.9 Å². The predicted molar refractivity (Wildman–Crippen MR) is 81.0 cm³/mol. The molecule has 4 heteroatoms. The second-order valence-corrected chi connectivity index (χ2v) is 6.64. The number of hydrogen-bond donors (Lipinski definition) is 0. The molecule has 100 valence electrons. The Hall–Kier alpha value is -0.220. The van der Waals surface area contributed by atoms with Crippen molar-refractivity contribution in [2.45, 2.75) is 30.5 Å². The molecule has 2 rings (SSSR count). The molecule has 0 bridgehead atoms. The lowest BCUT2D eigenvalue weighted by Gasteiger charge is -2.14. The molecule has 1 atom stereocenters.